The van der Waals surface area contributed by atoms with Gasteiger partial charge in [-0.05, 0) is 30.5 Å². The Morgan fingerprint density at radius 3 is 2.82 bits per heavy atom. The number of anilines is 2. The molecule has 0 spiro atoms. The molecule has 2 N–H and O–H groups in total. The number of nitrogens with one attached hydrogen (secondary N) is 2. The van der Waals surface area contributed by atoms with Crippen molar-refractivity contribution in [1.29, 1.82) is 5.26 Å². The van der Waals surface area contributed by atoms with Crippen molar-refractivity contribution in [3.05, 3.63) is 23.8 Å². The number of nitrogens with zero attached hydrogens (tertiary/aromatic N) is 1. The fraction of sp³-hybridized carbons (Fsp3) is 0.385. The van der Waals surface area contributed by atoms with Gasteiger partial charge < -0.3 is 10.6 Å². The zero-order valence-electron chi connectivity index (χ0n) is 9.95. The van der Waals surface area contributed by atoms with Gasteiger partial charge in [-0.3, -0.25) is 4.79 Å². The van der Waals surface area contributed by atoms with Gasteiger partial charge in [-0.15, -0.1) is 0 Å². The van der Waals surface area contributed by atoms with E-state index in [-0.39, 0.29) is 11.9 Å². The van der Waals surface area contributed by atoms with Gasteiger partial charge in [0.1, 0.15) is 6.04 Å². The number of rotatable bonds is 2. The summed E-state index contributed by atoms with van der Waals surface area (Å²) in [6, 6.07) is 7.10. The second-order valence-corrected chi connectivity index (χ2v) is 4.69. The lowest BCUT2D eigenvalue weighted by molar-refractivity contribution is -0.117. The molecule has 1 unspecified atom stereocenters. The molecule has 1 aromatic carbocycles. The number of nitriles is 1. The molecule has 1 heterocycles. The van der Waals surface area contributed by atoms with Crippen molar-refractivity contribution in [2.75, 3.05) is 10.6 Å². The topological polar surface area (TPSA) is 64.9 Å². The highest BCUT2D eigenvalue weighted by Crippen LogP contribution is 2.29. The Bertz CT molecular complexity index is 488. The molecule has 4 nitrogen and oxygen atoms in total. The van der Waals surface area contributed by atoms with Crippen LogP contribution in [0.25, 0.3) is 0 Å². The predicted molar refractivity (Wildman–Crippen MR) is 66.7 cm³/mol. The number of hydrogen-bond donors (Lipinski definition) is 2. The fourth-order valence-electron chi connectivity index (χ4n) is 1.95. The van der Waals surface area contributed by atoms with Crippen LogP contribution in [0.15, 0.2) is 18.2 Å². The molecule has 1 amide bonds. The van der Waals surface area contributed by atoms with Gasteiger partial charge >= 0.3 is 0 Å². The summed E-state index contributed by atoms with van der Waals surface area (Å²) in [5.74, 6) is 0.440. The molecule has 0 saturated heterocycles. The molecule has 1 atom stereocenters. The summed E-state index contributed by atoms with van der Waals surface area (Å²) < 4.78 is 0. The zero-order chi connectivity index (χ0) is 12.4. The molecular weight excluding hydrogens is 214 g/mol. The lowest BCUT2D eigenvalue weighted by atomic mass is 10.00. The molecule has 17 heavy (non-hydrogen) atoms. The number of benzene rings is 1. The first-order valence-corrected chi connectivity index (χ1v) is 5.71. The van der Waals surface area contributed by atoms with Crippen LogP contribution in [0.2, 0.25) is 0 Å². The molecule has 0 aliphatic carbocycles. The Kier molecular flexibility index (Phi) is 3.01. The minimum absolute atomic E-state index is 0.00379. The average molecular weight is 229 g/mol. The van der Waals surface area contributed by atoms with Crippen LogP contribution >= 0.6 is 0 Å². The van der Waals surface area contributed by atoms with E-state index < -0.39 is 0 Å². The third-order valence-electron chi connectivity index (χ3n) is 2.76. The van der Waals surface area contributed by atoms with Crippen LogP contribution in [0.3, 0.4) is 0 Å². The van der Waals surface area contributed by atoms with Crippen molar-refractivity contribution in [2.24, 2.45) is 5.92 Å². The first kappa shape index (κ1) is 11.5. The summed E-state index contributed by atoms with van der Waals surface area (Å²) in [6.07, 6.45) is 0.780. The number of fused-ring (bicyclic) bond motifs is 1. The number of carbonyl (C=O) groups is 1. The fourth-order valence-corrected chi connectivity index (χ4v) is 1.95. The SMILES string of the molecule is CC(C)CC1Nc2cc(C#N)ccc2NC1=O. The number of hydrogen-bond acceptors (Lipinski definition) is 3. The van der Waals surface area contributed by atoms with E-state index in [2.05, 4.69) is 30.6 Å². The van der Waals surface area contributed by atoms with Gasteiger partial charge in [-0.1, -0.05) is 13.8 Å². The van der Waals surface area contributed by atoms with Gasteiger partial charge in [-0.25, -0.2) is 0 Å². The van der Waals surface area contributed by atoms with Crippen LogP contribution < -0.4 is 10.6 Å². The molecule has 1 aliphatic rings. The summed E-state index contributed by atoms with van der Waals surface area (Å²) in [4.78, 5) is 11.8. The van der Waals surface area contributed by atoms with E-state index in [1.54, 1.807) is 18.2 Å². The van der Waals surface area contributed by atoms with Crippen LogP contribution in [0.1, 0.15) is 25.8 Å². The highest BCUT2D eigenvalue weighted by atomic mass is 16.2. The van der Waals surface area contributed by atoms with E-state index in [4.69, 9.17) is 5.26 Å². The lowest BCUT2D eigenvalue weighted by Crippen LogP contribution is -2.39. The zero-order valence-corrected chi connectivity index (χ0v) is 9.95. The average Bonchev–Trinajstić information content (AvgIpc) is 2.29. The smallest absolute Gasteiger partial charge is 0.246 e. The van der Waals surface area contributed by atoms with Crippen LogP contribution in [0.4, 0.5) is 11.4 Å². The van der Waals surface area contributed by atoms with Crippen LogP contribution in [0, 0.1) is 17.2 Å². The van der Waals surface area contributed by atoms with Crippen LogP contribution in [0.5, 0.6) is 0 Å². The minimum atomic E-state index is -0.212. The van der Waals surface area contributed by atoms with E-state index in [1.807, 2.05) is 0 Å². The van der Waals surface area contributed by atoms with Crippen molar-refractivity contribution in [3.63, 3.8) is 0 Å². The summed E-state index contributed by atoms with van der Waals surface area (Å²) in [6.45, 7) is 4.16. The molecule has 0 saturated carbocycles. The number of carbonyl (C=O) groups excluding carboxylic acids is 1. The molecule has 0 bridgehead atoms. The van der Waals surface area contributed by atoms with E-state index in [1.165, 1.54) is 0 Å². The van der Waals surface area contributed by atoms with Crippen LogP contribution in [-0.2, 0) is 4.79 Å². The van der Waals surface area contributed by atoms with Crippen molar-refractivity contribution in [2.45, 2.75) is 26.3 Å². The lowest BCUT2D eigenvalue weighted by Gasteiger charge is -2.27. The largest absolute Gasteiger partial charge is 0.372 e. The highest BCUT2D eigenvalue weighted by Gasteiger charge is 2.25. The predicted octanol–water partition coefficient (Wildman–Crippen LogP) is 2.34. The van der Waals surface area contributed by atoms with Crippen molar-refractivity contribution < 1.29 is 4.79 Å². The normalized spacial score (nSPS) is 18.0. The first-order valence-electron chi connectivity index (χ1n) is 5.71. The Morgan fingerprint density at radius 1 is 1.41 bits per heavy atom. The van der Waals surface area contributed by atoms with Gasteiger partial charge in [-0.2, -0.15) is 5.26 Å². The number of amides is 1. The molecule has 0 fully saturated rings. The molecule has 1 aliphatic heterocycles. The summed E-state index contributed by atoms with van der Waals surface area (Å²) in [5.41, 5.74) is 2.17. The van der Waals surface area contributed by atoms with Gasteiger partial charge in [0.05, 0.1) is 23.0 Å². The first-order chi connectivity index (χ1) is 8.10. The van der Waals surface area contributed by atoms with Gasteiger partial charge in [0.15, 0.2) is 0 Å². The van der Waals surface area contributed by atoms with E-state index in [0.29, 0.717) is 11.5 Å². The Hall–Kier alpha value is -2.02. The maximum atomic E-state index is 11.8. The quantitative estimate of drug-likeness (QED) is 0.818. The standard InChI is InChI=1S/C13H15N3O/c1-8(2)5-12-13(17)16-10-4-3-9(7-14)6-11(10)15-12/h3-4,6,8,12,15H,5H2,1-2H3,(H,16,17). The molecule has 2 rings (SSSR count). The van der Waals surface area contributed by atoms with Gasteiger partial charge in [0.2, 0.25) is 5.91 Å². The van der Waals surface area contributed by atoms with E-state index in [9.17, 15) is 4.79 Å². The van der Waals surface area contributed by atoms with E-state index in [0.717, 1.165) is 17.8 Å². The molecule has 0 radical (unpaired) electrons. The molecule has 4 heteroatoms. The summed E-state index contributed by atoms with van der Waals surface area (Å²) >= 11 is 0. The Balaban J connectivity index is 2.26. The molecular formula is C13H15N3O. The Labute approximate surface area is 101 Å². The third kappa shape index (κ3) is 2.39. The van der Waals surface area contributed by atoms with E-state index >= 15 is 0 Å². The summed E-state index contributed by atoms with van der Waals surface area (Å²) in [5, 5.41) is 14.9. The Morgan fingerprint density at radius 2 is 2.18 bits per heavy atom. The van der Waals surface area contributed by atoms with Crippen molar-refractivity contribution in [3.8, 4) is 6.07 Å². The van der Waals surface area contributed by atoms with Crippen LogP contribution in [-0.4, -0.2) is 11.9 Å². The van der Waals surface area contributed by atoms with Crippen molar-refractivity contribution in [1.82, 2.24) is 0 Å². The van der Waals surface area contributed by atoms with Crippen molar-refractivity contribution >= 4 is 17.3 Å². The second kappa shape index (κ2) is 4.46. The van der Waals surface area contributed by atoms with Gasteiger partial charge in [0, 0.05) is 0 Å². The second-order valence-electron chi connectivity index (χ2n) is 4.69. The minimum Gasteiger partial charge on any atom is -0.372 e. The molecule has 88 valence electrons. The maximum absolute atomic E-state index is 11.8. The maximum Gasteiger partial charge on any atom is 0.246 e. The third-order valence-corrected chi connectivity index (χ3v) is 2.76. The molecule has 1 aromatic rings. The monoisotopic (exact) mass is 229 g/mol. The molecule has 0 aromatic heterocycles. The summed E-state index contributed by atoms with van der Waals surface area (Å²) in [7, 11) is 0. The van der Waals surface area contributed by atoms with Gasteiger partial charge in [0.25, 0.3) is 0 Å². The highest BCUT2D eigenvalue weighted by molar-refractivity contribution is 6.03.